The van der Waals surface area contributed by atoms with Crippen molar-refractivity contribution < 1.29 is 28.5 Å². The summed E-state index contributed by atoms with van der Waals surface area (Å²) in [5.74, 6) is -0.869. The summed E-state index contributed by atoms with van der Waals surface area (Å²) >= 11 is 0. The largest absolute Gasteiger partial charge is 0.381 e. The molecule has 0 radical (unpaired) electrons. The highest BCUT2D eigenvalue weighted by atomic mass is 16.8. The average Bonchev–Trinajstić information content (AvgIpc) is 2.98. The zero-order chi connectivity index (χ0) is 19.9. The maximum absolute atomic E-state index is 12.0. The van der Waals surface area contributed by atoms with Gasteiger partial charge in [0.25, 0.3) is 0 Å². The molecule has 152 valence electrons. The van der Waals surface area contributed by atoms with E-state index < -0.39 is 18.0 Å². The van der Waals surface area contributed by atoms with Crippen molar-refractivity contribution >= 4 is 5.78 Å². The molecule has 1 aromatic carbocycles. The summed E-state index contributed by atoms with van der Waals surface area (Å²) in [6, 6.07) is 10.1. The maximum Gasteiger partial charge on any atom is 0.164 e. The summed E-state index contributed by atoms with van der Waals surface area (Å²) in [7, 11) is 3.29. The first-order valence-corrected chi connectivity index (χ1v) is 9.39. The molecular weight excluding hydrogens is 348 g/mol. The Hall–Kier alpha value is -1.31. The predicted octanol–water partition coefficient (Wildman–Crippen LogP) is 3.12. The number of ether oxygens (including phenoxy) is 5. The Balaban J connectivity index is 1.85. The highest BCUT2D eigenvalue weighted by molar-refractivity contribution is 5.81. The molecule has 1 aromatic rings. The van der Waals surface area contributed by atoms with E-state index in [1.54, 1.807) is 28.1 Å². The average molecular weight is 380 g/mol. The lowest BCUT2D eigenvalue weighted by molar-refractivity contribution is -0.162. The molecule has 0 bridgehead atoms. The van der Waals surface area contributed by atoms with Crippen molar-refractivity contribution in [3.05, 3.63) is 35.9 Å². The fourth-order valence-corrected chi connectivity index (χ4v) is 3.31. The van der Waals surface area contributed by atoms with E-state index in [9.17, 15) is 4.79 Å². The first kappa shape index (κ1) is 22.0. The summed E-state index contributed by atoms with van der Waals surface area (Å²) in [5.41, 5.74) is 1.14. The van der Waals surface area contributed by atoms with E-state index in [2.05, 4.69) is 0 Å². The highest BCUT2D eigenvalue weighted by Crippen LogP contribution is 2.33. The lowest BCUT2D eigenvalue weighted by Gasteiger charge is -2.28. The summed E-state index contributed by atoms with van der Waals surface area (Å²) in [6.45, 7) is 6.28. The zero-order valence-electron chi connectivity index (χ0n) is 17.0. The minimum Gasteiger partial charge on any atom is -0.381 e. The van der Waals surface area contributed by atoms with Crippen LogP contribution < -0.4 is 0 Å². The number of ketones is 1. The number of methoxy groups -OCH3 is 2. The van der Waals surface area contributed by atoms with E-state index in [0.717, 1.165) is 12.0 Å². The van der Waals surface area contributed by atoms with Gasteiger partial charge in [0.15, 0.2) is 11.6 Å². The molecule has 0 unspecified atom stereocenters. The van der Waals surface area contributed by atoms with Crippen LogP contribution in [0.3, 0.4) is 0 Å². The first-order chi connectivity index (χ1) is 12.9. The third-order valence-electron chi connectivity index (χ3n) is 4.72. The van der Waals surface area contributed by atoms with Crippen LogP contribution >= 0.6 is 0 Å². The highest BCUT2D eigenvalue weighted by Gasteiger charge is 2.47. The molecule has 0 aromatic heterocycles. The second kappa shape index (κ2) is 10.3. The summed E-state index contributed by atoms with van der Waals surface area (Å²) in [5, 5.41) is 0. The van der Waals surface area contributed by atoms with Gasteiger partial charge in [-0.3, -0.25) is 4.79 Å². The van der Waals surface area contributed by atoms with E-state index in [-0.39, 0.29) is 18.0 Å². The van der Waals surface area contributed by atoms with Gasteiger partial charge < -0.3 is 23.7 Å². The number of hydrogen-bond donors (Lipinski definition) is 0. The molecule has 4 atom stereocenters. The second-order valence-corrected chi connectivity index (χ2v) is 7.33. The monoisotopic (exact) mass is 380 g/mol. The molecule has 1 fully saturated rings. The van der Waals surface area contributed by atoms with Gasteiger partial charge in [-0.05, 0) is 32.8 Å². The van der Waals surface area contributed by atoms with Crippen molar-refractivity contribution in [2.75, 3.05) is 20.8 Å². The Morgan fingerprint density at radius 3 is 2.44 bits per heavy atom. The molecular formula is C21H32O6. The second-order valence-electron chi connectivity index (χ2n) is 7.33. The lowest BCUT2D eigenvalue weighted by atomic mass is 9.99. The Morgan fingerprint density at radius 2 is 1.85 bits per heavy atom. The zero-order valence-corrected chi connectivity index (χ0v) is 17.0. The molecule has 0 aliphatic carbocycles. The van der Waals surface area contributed by atoms with Gasteiger partial charge in [-0.25, -0.2) is 0 Å². The number of carbonyl (C=O) groups is 1. The SMILES string of the molecule is CO[C@H](CCOCc1ccccc1)C[C@@H](OC)[C@H]1OC(C)(C)O[C@@H]1C(C)=O. The Morgan fingerprint density at radius 1 is 1.15 bits per heavy atom. The summed E-state index contributed by atoms with van der Waals surface area (Å²) < 4.78 is 28.7. The van der Waals surface area contributed by atoms with Crippen molar-refractivity contribution in [2.45, 2.75) is 70.4 Å². The van der Waals surface area contributed by atoms with Gasteiger partial charge in [0, 0.05) is 27.2 Å². The fraction of sp³-hybridized carbons (Fsp3) is 0.667. The van der Waals surface area contributed by atoms with E-state index in [0.29, 0.717) is 19.6 Å². The minimum atomic E-state index is -0.806. The van der Waals surface area contributed by atoms with Gasteiger partial charge in [-0.2, -0.15) is 0 Å². The number of rotatable bonds is 11. The summed E-state index contributed by atoms with van der Waals surface area (Å²) in [6.07, 6.45) is -0.131. The topological polar surface area (TPSA) is 63.2 Å². The van der Waals surface area contributed by atoms with E-state index in [1.807, 2.05) is 30.3 Å². The number of hydrogen-bond acceptors (Lipinski definition) is 6. The Labute approximate surface area is 162 Å². The number of carbonyl (C=O) groups excluding carboxylic acids is 1. The van der Waals surface area contributed by atoms with E-state index >= 15 is 0 Å². The van der Waals surface area contributed by atoms with E-state index in [4.69, 9.17) is 23.7 Å². The van der Waals surface area contributed by atoms with Crippen LogP contribution in [0.25, 0.3) is 0 Å². The van der Waals surface area contributed by atoms with Crippen molar-refractivity contribution in [1.29, 1.82) is 0 Å². The molecule has 6 nitrogen and oxygen atoms in total. The van der Waals surface area contributed by atoms with Crippen LogP contribution in [-0.4, -0.2) is 56.8 Å². The van der Waals surface area contributed by atoms with E-state index in [1.165, 1.54) is 6.92 Å². The van der Waals surface area contributed by atoms with Crippen molar-refractivity contribution in [1.82, 2.24) is 0 Å². The van der Waals surface area contributed by atoms with Gasteiger partial charge >= 0.3 is 0 Å². The first-order valence-electron chi connectivity index (χ1n) is 9.39. The third kappa shape index (κ3) is 6.66. The maximum atomic E-state index is 12.0. The van der Waals surface area contributed by atoms with Crippen LogP contribution in [0.15, 0.2) is 30.3 Å². The van der Waals surface area contributed by atoms with Gasteiger partial charge in [-0.15, -0.1) is 0 Å². The standard InChI is InChI=1S/C21H32O6/c1-15(22)19-20(27-21(2,3)26-19)18(24-5)13-17(23-4)11-12-25-14-16-9-7-6-8-10-16/h6-10,17-20H,11-14H2,1-5H3/t17-,18-,19-,20-/m1/s1. The smallest absolute Gasteiger partial charge is 0.164 e. The molecule has 1 heterocycles. The van der Waals surface area contributed by atoms with Gasteiger partial charge in [0.2, 0.25) is 0 Å². The van der Waals surface area contributed by atoms with Crippen LogP contribution in [0.4, 0.5) is 0 Å². The van der Waals surface area contributed by atoms with Crippen LogP contribution in [-0.2, 0) is 35.1 Å². The van der Waals surface area contributed by atoms with Crippen molar-refractivity contribution in [2.24, 2.45) is 0 Å². The molecule has 27 heavy (non-hydrogen) atoms. The van der Waals surface area contributed by atoms with Gasteiger partial charge in [-0.1, -0.05) is 30.3 Å². The Kier molecular flexibility index (Phi) is 8.38. The molecule has 6 heteroatoms. The van der Waals surface area contributed by atoms with Gasteiger partial charge in [0.1, 0.15) is 12.2 Å². The molecule has 0 spiro atoms. The third-order valence-corrected chi connectivity index (χ3v) is 4.72. The van der Waals surface area contributed by atoms with Crippen LogP contribution in [0, 0.1) is 0 Å². The van der Waals surface area contributed by atoms with Crippen molar-refractivity contribution in [3.63, 3.8) is 0 Å². The molecule has 0 saturated carbocycles. The van der Waals surface area contributed by atoms with Crippen LogP contribution in [0.2, 0.25) is 0 Å². The summed E-state index contributed by atoms with van der Waals surface area (Å²) in [4.78, 5) is 12.0. The Bertz CT molecular complexity index is 573. The predicted molar refractivity (Wildman–Crippen MR) is 101 cm³/mol. The number of Topliss-reactive ketones (excluding diaryl/α,β-unsaturated/α-hetero) is 1. The van der Waals surface area contributed by atoms with Gasteiger partial charge in [0.05, 0.1) is 18.8 Å². The normalized spacial score (nSPS) is 23.9. The molecule has 0 N–H and O–H groups in total. The van der Waals surface area contributed by atoms with Crippen LogP contribution in [0.1, 0.15) is 39.2 Å². The molecule has 0 amide bonds. The molecule has 2 rings (SSSR count). The minimum absolute atomic E-state index is 0.0622. The quantitative estimate of drug-likeness (QED) is 0.550. The fourth-order valence-electron chi connectivity index (χ4n) is 3.31. The molecule has 1 aliphatic heterocycles. The van der Waals surface area contributed by atoms with Crippen LogP contribution in [0.5, 0.6) is 0 Å². The molecule has 1 saturated heterocycles. The number of benzene rings is 1. The molecule has 1 aliphatic rings. The lowest BCUT2D eigenvalue weighted by Crippen LogP contribution is -2.42. The van der Waals surface area contributed by atoms with Crippen molar-refractivity contribution in [3.8, 4) is 0 Å².